The Bertz CT molecular complexity index is 1120. The lowest BCUT2D eigenvalue weighted by molar-refractivity contribution is 0.411. The van der Waals surface area contributed by atoms with Crippen LogP contribution in [0.5, 0.6) is 5.75 Å². The predicted molar refractivity (Wildman–Crippen MR) is 105 cm³/mol. The number of methoxy groups -OCH3 is 1. The molecule has 1 N–H and O–H groups in total. The zero-order valence-corrected chi connectivity index (χ0v) is 15.9. The molecule has 26 heavy (non-hydrogen) atoms. The van der Waals surface area contributed by atoms with Gasteiger partial charge in [0.25, 0.3) is 10.0 Å². The second-order valence-corrected chi connectivity index (χ2v) is 8.38. The molecule has 0 heterocycles. The van der Waals surface area contributed by atoms with E-state index in [1.807, 2.05) is 31.2 Å². The van der Waals surface area contributed by atoms with E-state index < -0.39 is 10.0 Å². The summed E-state index contributed by atoms with van der Waals surface area (Å²) < 4.78 is 34.2. The van der Waals surface area contributed by atoms with Gasteiger partial charge in [-0.15, -0.1) is 0 Å². The first-order chi connectivity index (χ1) is 12.4. The van der Waals surface area contributed by atoms with E-state index in [0.29, 0.717) is 17.0 Å². The highest BCUT2D eigenvalue weighted by Crippen LogP contribution is 2.36. The molecule has 4 rings (SSSR count). The molecule has 0 saturated carbocycles. The summed E-state index contributed by atoms with van der Waals surface area (Å²) in [5.41, 5.74) is 4.73. The van der Waals surface area contributed by atoms with Gasteiger partial charge in [0.05, 0.1) is 17.7 Å². The first-order valence-corrected chi connectivity index (χ1v) is 10.1. The van der Waals surface area contributed by atoms with Crippen LogP contribution in [0.25, 0.3) is 10.8 Å². The number of aryl methyl sites for hydroxylation is 2. The van der Waals surface area contributed by atoms with E-state index in [0.717, 1.165) is 23.8 Å². The lowest BCUT2D eigenvalue weighted by Gasteiger charge is -2.16. The molecule has 3 aromatic carbocycles. The molecule has 0 aromatic heterocycles. The highest BCUT2D eigenvalue weighted by Gasteiger charge is 2.22. The van der Waals surface area contributed by atoms with Crippen molar-refractivity contribution >= 4 is 26.5 Å². The first kappa shape index (κ1) is 16.9. The van der Waals surface area contributed by atoms with Crippen molar-refractivity contribution in [3.05, 3.63) is 64.7 Å². The van der Waals surface area contributed by atoms with Crippen molar-refractivity contribution in [2.45, 2.75) is 31.6 Å². The highest BCUT2D eigenvalue weighted by molar-refractivity contribution is 7.92. The molecule has 0 unspecified atom stereocenters. The predicted octanol–water partition coefficient (Wildman–Crippen LogP) is 4.36. The van der Waals surface area contributed by atoms with Crippen molar-refractivity contribution in [2.75, 3.05) is 11.8 Å². The summed E-state index contributed by atoms with van der Waals surface area (Å²) in [6, 6.07) is 13.3. The van der Waals surface area contributed by atoms with Gasteiger partial charge in [0.15, 0.2) is 0 Å². The van der Waals surface area contributed by atoms with Crippen LogP contribution in [-0.2, 0) is 22.9 Å². The Hall–Kier alpha value is -2.53. The van der Waals surface area contributed by atoms with E-state index in [-0.39, 0.29) is 4.90 Å². The van der Waals surface area contributed by atoms with Gasteiger partial charge in [0.1, 0.15) is 5.75 Å². The molecule has 0 aliphatic heterocycles. The zero-order chi connectivity index (χ0) is 18.5. The fourth-order valence-electron chi connectivity index (χ4n) is 3.82. The number of hydrogen-bond donors (Lipinski definition) is 1. The topological polar surface area (TPSA) is 55.4 Å². The Kier molecular flexibility index (Phi) is 3.92. The summed E-state index contributed by atoms with van der Waals surface area (Å²) in [7, 11) is -2.11. The first-order valence-electron chi connectivity index (χ1n) is 8.63. The second kappa shape index (κ2) is 6.02. The fraction of sp³-hybridized carbons (Fsp3) is 0.238. The summed E-state index contributed by atoms with van der Waals surface area (Å²) in [5, 5.41) is 2.15. The number of sulfonamides is 1. The molecule has 1 aliphatic rings. The van der Waals surface area contributed by atoms with Crippen LogP contribution in [0.2, 0.25) is 0 Å². The Morgan fingerprint density at radius 1 is 0.923 bits per heavy atom. The molecule has 1 aliphatic carbocycles. The Morgan fingerprint density at radius 3 is 2.38 bits per heavy atom. The van der Waals surface area contributed by atoms with Crippen molar-refractivity contribution in [3.63, 3.8) is 0 Å². The summed E-state index contributed by atoms with van der Waals surface area (Å²) in [5.74, 6) is 0.687. The molecule has 0 saturated heterocycles. The standard InChI is InChI=1S/C21H21NO3S/c1-13-14(2)20(12-11-19(13)25-3)26(23,24)22-18-10-9-16-8-7-15-5-4-6-17(18)21(15)16/h4-6,9-12,22H,7-8H2,1-3H3. The van der Waals surface area contributed by atoms with Crippen molar-refractivity contribution in [3.8, 4) is 5.75 Å². The van der Waals surface area contributed by atoms with Crippen molar-refractivity contribution in [1.29, 1.82) is 0 Å². The number of benzene rings is 3. The second-order valence-electron chi connectivity index (χ2n) is 6.73. The third-order valence-corrected chi connectivity index (χ3v) is 6.83. The van der Waals surface area contributed by atoms with E-state index in [4.69, 9.17) is 4.74 Å². The monoisotopic (exact) mass is 367 g/mol. The van der Waals surface area contributed by atoms with E-state index in [1.165, 1.54) is 16.5 Å². The van der Waals surface area contributed by atoms with E-state index >= 15 is 0 Å². The molecule has 0 spiro atoms. The summed E-state index contributed by atoms with van der Waals surface area (Å²) in [6.07, 6.45) is 2.03. The van der Waals surface area contributed by atoms with Gasteiger partial charge < -0.3 is 4.74 Å². The van der Waals surface area contributed by atoms with Crippen molar-refractivity contribution < 1.29 is 13.2 Å². The molecule has 0 bridgehead atoms. The Balaban J connectivity index is 1.81. The molecule has 0 atom stereocenters. The molecule has 3 aromatic rings. The van der Waals surface area contributed by atoms with Crippen LogP contribution in [0, 0.1) is 13.8 Å². The molecule has 0 fully saturated rings. The van der Waals surface area contributed by atoms with Gasteiger partial charge in [-0.25, -0.2) is 8.42 Å². The lowest BCUT2D eigenvalue weighted by atomic mass is 10.0. The third kappa shape index (κ3) is 2.54. The number of hydrogen-bond acceptors (Lipinski definition) is 3. The van der Waals surface area contributed by atoms with Crippen LogP contribution in [0.3, 0.4) is 0 Å². The Morgan fingerprint density at radius 2 is 1.65 bits per heavy atom. The molecule has 0 radical (unpaired) electrons. The van der Waals surface area contributed by atoms with Gasteiger partial charge in [-0.2, -0.15) is 0 Å². The Labute approximate surface area is 153 Å². The number of anilines is 1. The van der Waals surface area contributed by atoms with Gasteiger partial charge in [-0.05, 0) is 72.5 Å². The minimum atomic E-state index is -3.69. The molecule has 5 heteroatoms. The number of ether oxygens (including phenoxy) is 1. The van der Waals surface area contributed by atoms with Gasteiger partial charge in [0, 0.05) is 5.39 Å². The average molecular weight is 367 g/mol. The summed E-state index contributed by atoms with van der Waals surface area (Å²) >= 11 is 0. The minimum absolute atomic E-state index is 0.277. The highest BCUT2D eigenvalue weighted by atomic mass is 32.2. The van der Waals surface area contributed by atoms with E-state index in [2.05, 4.69) is 10.8 Å². The maximum absolute atomic E-state index is 13.1. The molecule has 134 valence electrons. The fourth-order valence-corrected chi connectivity index (χ4v) is 5.20. The summed E-state index contributed by atoms with van der Waals surface area (Å²) in [4.78, 5) is 0.277. The quantitative estimate of drug-likeness (QED) is 0.745. The van der Waals surface area contributed by atoms with Crippen LogP contribution in [-0.4, -0.2) is 15.5 Å². The molecular weight excluding hydrogens is 346 g/mol. The smallest absolute Gasteiger partial charge is 0.262 e. The minimum Gasteiger partial charge on any atom is -0.496 e. The molecule has 0 amide bonds. The summed E-state index contributed by atoms with van der Waals surface area (Å²) in [6.45, 7) is 3.67. The SMILES string of the molecule is COc1ccc(S(=O)(=O)Nc2ccc3c4c(cccc24)CC3)c(C)c1C. The average Bonchev–Trinajstić information content (AvgIpc) is 3.04. The maximum Gasteiger partial charge on any atom is 0.262 e. The number of nitrogens with one attached hydrogen (secondary N) is 1. The van der Waals surface area contributed by atoms with Gasteiger partial charge in [-0.1, -0.05) is 24.3 Å². The van der Waals surface area contributed by atoms with E-state index in [1.54, 1.807) is 26.2 Å². The van der Waals surface area contributed by atoms with Crippen molar-refractivity contribution in [1.82, 2.24) is 0 Å². The third-order valence-electron chi connectivity index (χ3n) is 5.32. The maximum atomic E-state index is 13.1. The van der Waals surface area contributed by atoms with Gasteiger partial charge >= 0.3 is 0 Å². The van der Waals surface area contributed by atoms with Crippen molar-refractivity contribution in [2.24, 2.45) is 0 Å². The van der Waals surface area contributed by atoms with Gasteiger partial charge in [0.2, 0.25) is 0 Å². The van der Waals surface area contributed by atoms with Crippen LogP contribution >= 0.6 is 0 Å². The lowest BCUT2D eigenvalue weighted by Crippen LogP contribution is -2.15. The van der Waals surface area contributed by atoms with Crippen LogP contribution < -0.4 is 9.46 Å². The normalized spacial score (nSPS) is 13.2. The van der Waals surface area contributed by atoms with Gasteiger partial charge in [-0.3, -0.25) is 4.72 Å². The largest absolute Gasteiger partial charge is 0.496 e. The zero-order valence-electron chi connectivity index (χ0n) is 15.1. The number of rotatable bonds is 4. The van der Waals surface area contributed by atoms with Crippen LogP contribution in [0.4, 0.5) is 5.69 Å². The van der Waals surface area contributed by atoms with Crippen LogP contribution in [0.1, 0.15) is 22.3 Å². The molecule has 4 nitrogen and oxygen atoms in total. The van der Waals surface area contributed by atoms with E-state index in [9.17, 15) is 8.42 Å². The molecular formula is C21H21NO3S. The van der Waals surface area contributed by atoms with Crippen LogP contribution in [0.15, 0.2) is 47.4 Å².